The lowest BCUT2D eigenvalue weighted by atomic mass is 10.0. The summed E-state index contributed by atoms with van der Waals surface area (Å²) in [4.78, 5) is 9.46. The molecular weight excluding hydrogens is 380 g/mol. The maximum absolute atomic E-state index is 6.00. The van der Waals surface area contributed by atoms with Crippen LogP contribution < -0.4 is 10.1 Å². The molecule has 3 rings (SSSR count). The highest BCUT2D eigenvalue weighted by Gasteiger charge is 2.26. The van der Waals surface area contributed by atoms with Gasteiger partial charge in [0, 0.05) is 37.5 Å². The van der Waals surface area contributed by atoms with Gasteiger partial charge in [-0.2, -0.15) is 5.10 Å². The Labute approximate surface area is 179 Å². The van der Waals surface area contributed by atoms with Gasteiger partial charge in [-0.15, -0.1) is 0 Å². The summed E-state index contributed by atoms with van der Waals surface area (Å²) in [5.74, 6) is 1.80. The van der Waals surface area contributed by atoms with Gasteiger partial charge in [0.05, 0.1) is 39.0 Å². The Bertz CT molecular complexity index is 835. The number of aryl methyl sites for hydroxylation is 1. The Balaban J connectivity index is 1.78. The molecule has 1 aliphatic heterocycles. The standard InChI is InChI=1S/C22H34N6O2/c1-6-23-22(28-11-12-30-21(16-28)17-13-25-27(4)15-17)24-14-19(26(2)3)18-9-7-8-10-20(18)29-5/h7-10,13,15,19,21H,6,11-12,14,16H2,1-5H3,(H,23,24). The lowest BCUT2D eigenvalue weighted by molar-refractivity contribution is -0.00807. The average molecular weight is 415 g/mol. The van der Waals surface area contributed by atoms with Crippen LogP contribution in [0.25, 0.3) is 0 Å². The van der Waals surface area contributed by atoms with Crippen molar-refractivity contribution in [2.75, 3.05) is 54.0 Å². The zero-order chi connectivity index (χ0) is 21.5. The summed E-state index contributed by atoms with van der Waals surface area (Å²) in [7, 11) is 7.79. The minimum Gasteiger partial charge on any atom is -0.496 e. The number of methoxy groups -OCH3 is 1. The van der Waals surface area contributed by atoms with Crippen LogP contribution in [-0.4, -0.2) is 79.5 Å². The lowest BCUT2D eigenvalue weighted by Crippen LogP contribution is -2.48. The maximum Gasteiger partial charge on any atom is 0.194 e. The van der Waals surface area contributed by atoms with E-state index in [1.807, 2.05) is 42.3 Å². The first-order chi connectivity index (χ1) is 14.5. The van der Waals surface area contributed by atoms with Gasteiger partial charge in [-0.05, 0) is 27.1 Å². The lowest BCUT2D eigenvalue weighted by Gasteiger charge is -2.35. The zero-order valence-corrected chi connectivity index (χ0v) is 18.7. The van der Waals surface area contributed by atoms with Gasteiger partial charge in [-0.25, -0.2) is 0 Å². The van der Waals surface area contributed by atoms with E-state index in [1.165, 1.54) is 0 Å². The maximum atomic E-state index is 6.00. The summed E-state index contributed by atoms with van der Waals surface area (Å²) in [5, 5.41) is 7.74. The van der Waals surface area contributed by atoms with Gasteiger partial charge in [-0.1, -0.05) is 18.2 Å². The molecule has 8 heteroatoms. The van der Waals surface area contributed by atoms with Crippen LogP contribution in [0.1, 0.15) is 30.2 Å². The molecule has 1 N–H and O–H groups in total. The van der Waals surface area contributed by atoms with Crippen molar-refractivity contribution in [3.63, 3.8) is 0 Å². The number of likely N-dealkylation sites (N-methyl/N-ethyl adjacent to an activating group) is 1. The second-order valence-corrected chi connectivity index (χ2v) is 7.67. The molecule has 0 aliphatic carbocycles. The second kappa shape index (κ2) is 10.4. The zero-order valence-electron chi connectivity index (χ0n) is 18.7. The van der Waals surface area contributed by atoms with Crippen LogP contribution >= 0.6 is 0 Å². The number of hydrogen-bond donors (Lipinski definition) is 1. The Morgan fingerprint density at radius 2 is 2.20 bits per heavy atom. The van der Waals surface area contributed by atoms with E-state index in [2.05, 4.69) is 47.3 Å². The minimum atomic E-state index is -0.00447. The highest BCUT2D eigenvalue weighted by molar-refractivity contribution is 5.80. The van der Waals surface area contributed by atoms with Gasteiger partial charge in [0.25, 0.3) is 0 Å². The molecule has 2 atom stereocenters. The van der Waals surface area contributed by atoms with Crippen molar-refractivity contribution in [3.05, 3.63) is 47.8 Å². The van der Waals surface area contributed by atoms with E-state index >= 15 is 0 Å². The summed E-state index contributed by atoms with van der Waals surface area (Å²) >= 11 is 0. The molecule has 1 aromatic heterocycles. The van der Waals surface area contributed by atoms with Crippen LogP contribution in [0.15, 0.2) is 41.7 Å². The van der Waals surface area contributed by atoms with Crippen molar-refractivity contribution >= 4 is 5.96 Å². The number of aliphatic imine (C=N–C) groups is 1. The van der Waals surface area contributed by atoms with Crippen molar-refractivity contribution in [2.24, 2.45) is 12.0 Å². The van der Waals surface area contributed by atoms with Crippen LogP contribution in [0.3, 0.4) is 0 Å². The van der Waals surface area contributed by atoms with Crippen molar-refractivity contribution in [1.82, 2.24) is 24.9 Å². The highest BCUT2D eigenvalue weighted by Crippen LogP contribution is 2.28. The molecule has 1 fully saturated rings. The van der Waals surface area contributed by atoms with E-state index in [-0.39, 0.29) is 12.1 Å². The first kappa shape index (κ1) is 22.1. The molecule has 2 aromatic rings. The molecule has 30 heavy (non-hydrogen) atoms. The Morgan fingerprint density at radius 1 is 1.40 bits per heavy atom. The number of guanidine groups is 1. The number of para-hydroxylation sites is 1. The molecular formula is C22H34N6O2. The van der Waals surface area contributed by atoms with Crippen molar-refractivity contribution in [2.45, 2.75) is 19.1 Å². The predicted octanol–water partition coefficient (Wildman–Crippen LogP) is 2.07. The van der Waals surface area contributed by atoms with Gasteiger partial charge in [0.15, 0.2) is 5.96 Å². The number of nitrogens with zero attached hydrogens (tertiary/aromatic N) is 5. The largest absolute Gasteiger partial charge is 0.496 e. The Morgan fingerprint density at radius 3 is 2.87 bits per heavy atom. The van der Waals surface area contributed by atoms with Gasteiger partial charge in [0.2, 0.25) is 0 Å². The first-order valence-electron chi connectivity index (χ1n) is 10.5. The number of morpholine rings is 1. The summed E-state index contributed by atoms with van der Waals surface area (Å²) in [6, 6.07) is 8.27. The predicted molar refractivity (Wildman–Crippen MR) is 119 cm³/mol. The Kier molecular flexibility index (Phi) is 7.70. The van der Waals surface area contributed by atoms with E-state index in [0.717, 1.165) is 42.5 Å². The molecule has 1 saturated heterocycles. The molecule has 164 valence electrons. The van der Waals surface area contributed by atoms with Crippen LogP contribution in [0.2, 0.25) is 0 Å². The Hall–Kier alpha value is -2.58. The monoisotopic (exact) mass is 414 g/mol. The van der Waals surface area contributed by atoms with E-state index < -0.39 is 0 Å². The minimum absolute atomic E-state index is 0.00447. The summed E-state index contributed by atoms with van der Waals surface area (Å²) < 4.78 is 13.4. The molecule has 8 nitrogen and oxygen atoms in total. The first-order valence-corrected chi connectivity index (χ1v) is 10.5. The summed E-state index contributed by atoms with van der Waals surface area (Å²) in [5.41, 5.74) is 2.23. The molecule has 0 amide bonds. The molecule has 1 aliphatic rings. The number of rotatable bonds is 7. The molecule has 0 saturated carbocycles. The van der Waals surface area contributed by atoms with Crippen LogP contribution in [0.5, 0.6) is 5.75 Å². The summed E-state index contributed by atoms with van der Waals surface area (Å²) in [6.07, 6.45) is 3.89. The SMILES string of the molecule is CCNC(=NCC(c1ccccc1OC)N(C)C)N1CCOC(c2cnn(C)c2)C1. The van der Waals surface area contributed by atoms with Crippen molar-refractivity contribution in [1.29, 1.82) is 0 Å². The number of aromatic nitrogens is 2. The summed E-state index contributed by atoms with van der Waals surface area (Å²) in [6.45, 7) is 5.76. The molecule has 0 bridgehead atoms. The van der Waals surface area contributed by atoms with Gasteiger partial charge < -0.3 is 24.6 Å². The van der Waals surface area contributed by atoms with E-state index in [4.69, 9.17) is 14.5 Å². The smallest absolute Gasteiger partial charge is 0.194 e. The van der Waals surface area contributed by atoms with Crippen LogP contribution in [0.4, 0.5) is 0 Å². The number of benzene rings is 1. The number of nitrogens with one attached hydrogen (secondary N) is 1. The molecule has 1 aromatic carbocycles. The van der Waals surface area contributed by atoms with Gasteiger partial charge in [0.1, 0.15) is 11.9 Å². The fourth-order valence-electron chi connectivity index (χ4n) is 3.73. The number of ether oxygens (including phenoxy) is 2. The third kappa shape index (κ3) is 5.31. The highest BCUT2D eigenvalue weighted by atomic mass is 16.5. The van der Waals surface area contributed by atoms with Gasteiger partial charge in [-0.3, -0.25) is 9.67 Å². The number of hydrogen-bond acceptors (Lipinski definition) is 5. The fraction of sp³-hybridized carbons (Fsp3) is 0.545. The third-order valence-electron chi connectivity index (χ3n) is 5.33. The van der Waals surface area contributed by atoms with E-state index in [9.17, 15) is 0 Å². The normalized spacial score (nSPS) is 18.5. The van der Waals surface area contributed by atoms with E-state index in [1.54, 1.807) is 7.11 Å². The van der Waals surface area contributed by atoms with E-state index in [0.29, 0.717) is 13.2 Å². The molecule has 2 unspecified atom stereocenters. The average Bonchev–Trinajstić information content (AvgIpc) is 3.19. The van der Waals surface area contributed by atoms with Gasteiger partial charge >= 0.3 is 0 Å². The van der Waals surface area contributed by atoms with Crippen molar-refractivity contribution in [3.8, 4) is 5.75 Å². The fourth-order valence-corrected chi connectivity index (χ4v) is 3.73. The molecule has 0 radical (unpaired) electrons. The third-order valence-corrected chi connectivity index (χ3v) is 5.33. The second-order valence-electron chi connectivity index (χ2n) is 7.67. The van der Waals surface area contributed by atoms with Crippen LogP contribution in [0, 0.1) is 0 Å². The van der Waals surface area contributed by atoms with Crippen LogP contribution in [-0.2, 0) is 11.8 Å². The quantitative estimate of drug-likeness (QED) is 0.553. The van der Waals surface area contributed by atoms with Crippen molar-refractivity contribution < 1.29 is 9.47 Å². The molecule has 2 heterocycles. The molecule has 0 spiro atoms. The topological polar surface area (TPSA) is 67.2 Å².